The van der Waals surface area contributed by atoms with E-state index in [9.17, 15) is 39.6 Å². The first-order valence-corrected chi connectivity index (χ1v) is 11.9. The number of hydrogen-bond acceptors (Lipinski definition) is 10. The molecule has 0 spiro atoms. The molecule has 11 nitrogen and oxygen atoms in total. The number of aliphatic hydroxyl groups is 3. The fourth-order valence-electron chi connectivity index (χ4n) is 6.07. The number of aliphatic hydroxyl groups excluding tert-OH is 2. The van der Waals surface area contributed by atoms with Crippen LogP contribution in [0.4, 0.5) is 0 Å². The van der Waals surface area contributed by atoms with E-state index in [1.165, 1.54) is 25.9 Å². The van der Waals surface area contributed by atoms with Crippen molar-refractivity contribution in [2.75, 3.05) is 14.1 Å². The predicted molar refractivity (Wildman–Crippen MR) is 129 cm³/mol. The van der Waals surface area contributed by atoms with Gasteiger partial charge in [0.15, 0.2) is 11.4 Å². The molecule has 0 radical (unpaired) electrons. The Labute approximate surface area is 212 Å². The van der Waals surface area contributed by atoms with Crippen LogP contribution in [0.1, 0.15) is 42.9 Å². The Morgan fingerprint density at radius 2 is 1.78 bits per heavy atom. The third-order valence-corrected chi connectivity index (χ3v) is 7.86. The first-order valence-electron chi connectivity index (χ1n) is 11.9. The van der Waals surface area contributed by atoms with Gasteiger partial charge in [-0.05, 0) is 38.1 Å². The molecule has 4 rings (SSSR count). The number of benzene rings is 1. The molecule has 1 fully saturated rings. The molecule has 0 aliphatic heterocycles. The number of fused-ring (bicyclic) bond motifs is 3. The maximum Gasteiger partial charge on any atom is 0.305 e. The molecule has 3 aliphatic rings. The van der Waals surface area contributed by atoms with Gasteiger partial charge in [-0.1, -0.05) is 26.0 Å². The standard InChI is InChI=1S/C26H30N2O9/c1-6-12(29)37-22-13-10(3)11-8-7-9(2)19(30)14(11)20(31)15(13)23(33)26(36)17(22)18(28(4)5)21(32)16(24(26)34)25(27)35/h7-8,10,13,17-18,22,30-31,34,36H,6H2,1-5H3,(H2,27,35)/t10-,13+,17+,18-,22-,26-/m1/s1. The van der Waals surface area contributed by atoms with Crippen molar-refractivity contribution in [2.45, 2.75) is 50.9 Å². The smallest absolute Gasteiger partial charge is 0.305 e. The van der Waals surface area contributed by atoms with Crippen molar-refractivity contribution in [1.82, 2.24) is 4.90 Å². The van der Waals surface area contributed by atoms with Crippen LogP contribution in [0.25, 0.3) is 5.76 Å². The van der Waals surface area contributed by atoms with Crippen molar-refractivity contribution in [1.29, 1.82) is 0 Å². The van der Waals surface area contributed by atoms with Crippen LogP contribution in [0.3, 0.4) is 0 Å². The third-order valence-electron chi connectivity index (χ3n) is 7.86. The van der Waals surface area contributed by atoms with Gasteiger partial charge in [0, 0.05) is 17.9 Å². The minimum Gasteiger partial charge on any atom is -0.508 e. The number of aryl methyl sites for hydroxylation is 1. The summed E-state index contributed by atoms with van der Waals surface area (Å²) < 4.78 is 5.77. The van der Waals surface area contributed by atoms with Gasteiger partial charge in [-0.15, -0.1) is 0 Å². The summed E-state index contributed by atoms with van der Waals surface area (Å²) in [7, 11) is 2.94. The molecule has 1 aromatic rings. The molecule has 0 heterocycles. The second kappa shape index (κ2) is 8.70. The van der Waals surface area contributed by atoms with Crippen LogP contribution in [-0.2, 0) is 23.9 Å². The highest BCUT2D eigenvalue weighted by Gasteiger charge is 2.69. The van der Waals surface area contributed by atoms with E-state index in [0.717, 1.165) is 0 Å². The molecule has 0 unspecified atom stereocenters. The van der Waals surface area contributed by atoms with Crippen LogP contribution in [-0.4, -0.2) is 80.6 Å². The van der Waals surface area contributed by atoms with Crippen molar-refractivity contribution in [3.63, 3.8) is 0 Å². The predicted octanol–water partition coefficient (Wildman–Crippen LogP) is 0.765. The van der Waals surface area contributed by atoms with Crippen molar-refractivity contribution < 1.29 is 44.3 Å². The van der Waals surface area contributed by atoms with Crippen LogP contribution >= 0.6 is 0 Å². The van der Waals surface area contributed by atoms with E-state index in [4.69, 9.17) is 10.5 Å². The zero-order valence-electron chi connectivity index (χ0n) is 21.1. The van der Waals surface area contributed by atoms with Crippen molar-refractivity contribution in [3.8, 4) is 5.75 Å². The highest BCUT2D eigenvalue weighted by molar-refractivity contribution is 6.24. The molecular weight excluding hydrogens is 484 g/mol. The Balaban J connectivity index is 2.12. The topological polar surface area (TPSA) is 188 Å². The molecular formula is C26H30N2O9. The second-order valence-corrected chi connectivity index (χ2v) is 10.1. The van der Waals surface area contributed by atoms with Gasteiger partial charge in [0.2, 0.25) is 5.78 Å². The van der Waals surface area contributed by atoms with Gasteiger partial charge in [-0.25, -0.2) is 0 Å². The Kier molecular flexibility index (Phi) is 6.20. The Hall–Kier alpha value is -3.70. The summed E-state index contributed by atoms with van der Waals surface area (Å²) >= 11 is 0. The number of phenols is 1. The number of esters is 1. The Morgan fingerprint density at radius 3 is 2.32 bits per heavy atom. The number of ketones is 2. The number of nitrogens with zero attached hydrogens (tertiary/aromatic N) is 1. The quantitative estimate of drug-likeness (QED) is 0.283. The van der Waals surface area contributed by atoms with Crippen molar-refractivity contribution in [2.24, 2.45) is 17.6 Å². The van der Waals surface area contributed by atoms with Crippen LogP contribution in [0.2, 0.25) is 0 Å². The molecule has 0 aromatic heterocycles. The number of amides is 1. The van der Waals surface area contributed by atoms with E-state index in [-0.39, 0.29) is 17.7 Å². The molecule has 0 saturated heterocycles. The first-order chi connectivity index (χ1) is 17.2. The average molecular weight is 515 g/mol. The Bertz CT molecular complexity index is 1310. The number of carbonyl (C=O) groups is 4. The maximum absolute atomic E-state index is 14.1. The van der Waals surface area contributed by atoms with Crippen LogP contribution in [0.15, 0.2) is 29.0 Å². The highest BCUT2D eigenvalue weighted by Crippen LogP contribution is 2.57. The monoisotopic (exact) mass is 514 g/mol. The minimum absolute atomic E-state index is 0.0237. The van der Waals surface area contributed by atoms with Gasteiger partial charge < -0.3 is 30.9 Å². The van der Waals surface area contributed by atoms with Crippen molar-refractivity contribution in [3.05, 3.63) is 45.7 Å². The van der Waals surface area contributed by atoms with Crippen LogP contribution < -0.4 is 5.73 Å². The zero-order valence-corrected chi connectivity index (χ0v) is 21.1. The lowest BCUT2D eigenvalue weighted by Crippen LogP contribution is -2.71. The van der Waals surface area contributed by atoms with E-state index in [1.54, 1.807) is 26.0 Å². The molecule has 6 atom stereocenters. The van der Waals surface area contributed by atoms with Gasteiger partial charge in [0.05, 0.1) is 17.5 Å². The van der Waals surface area contributed by atoms with E-state index in [0.29, 0.717) is 11.1 Å². The molecule has 1 saturated carbocycles. The largest absolute Gasteiger partial charge is 0.508 e. The summed E-state index contributed by atoms with van der Waals surface area (Å²) in [6.45, 7) is 4.84. The molecule has 37 heavy (non-hydrogen) atoms. The number of likely N-dealkylation sites (N-methyl/N-ethyl adjacent to an activating group) is 1. The van der Waals surface area contributed by atoms with E-state index >= 15 is 0 Å². The maximum atomic E-state index is 14.1. The second-order valence-electron chi connectivity index (χ2n) is 10.1. The molecule has 198 valence electrons. The van der Waals surface area contributed by atoms with Crippen LogP contribution in [0.5, 0.6) is 5.75 Å². The number of rotatable bonds is 4. The molecule has 1 aromatic carbocycles. The Morgan fingerprint density at radius 1 is 1.16 bits per heavy atom. The molecule has 0 bridgehead atoms. The van der Waals surface area contributed by atoms with Gasteiger partial charge in [0.25, 0.3) is 5.91 Å². The number of hydrogen-bond donors (Lipinski definition) is 5. The van der Waals surface area contributed by atoms with Gasteiger partial charge in [-0.2, -0.15) is 0 Å². The first kappa shape index (κ1) is 26.4. The van der Waals surface area contributed by atoms with E-state index in [2.05, 4.69) is 0 Å². The number of phenolic OH excluding ortho intramolecular Hbond substituents is 1. The lowest BCUT2D eigenvalue weighted by Gasteiger charge is -2.54. The summed E-state index contributed by atoms with van der Waals surface area (Å²) in [5.41, 5.74) is 1.93. The van der Waals surface area contributed by atoms with E-state index < -0.39 is 81.6 Å². The molecule has 11 heteroatoms. The molecule has 1 amide bonds. The van der Waals surface area contributed by atoms with Gasteiger partial charge in [0.1, 0.15) is 28.9 Å². The molecule has 6 N–H and O–H groups in total. The van der Waals surface area contributed by atoms with Crippen molar-refractivity contribution >= 4 is 29.2 Å². The third kappa shape index (κ3) is 3.41. The average Bonchev–Trinajstić information content (AvgIpc) is 2.82. The van der Waals surface area contributed by atoms with E-state index in [1.807, 2.05) is 0 Å². The highest BCUT2D eigenvalue weighted by atomic mass is 16.5. The number of aromatic hydroxyl groups is 1. The number of carbonyl (C=O) groups excluding carboxylic acids is 4. The summed E-state index contributed by atoms with van der Waals surface area (Å²) in [6, 6.07) is 1.91. The minimum atomic E-state index is -2.94. The zero-order chi connectivity index (χ0) is 27.7. The van der Waals surface area contributed by atoms with Crippen LogP contribution in [0, 0.1) is 18.8 Å². The summed E-state index contributed by atoms with van der Waals surface area (Å²) in [5.74, 6) is -9.63. The van der Waals surface area contributed by atoms with Gasteiger partial charge in [-0.3, -0.25) is 24.1 Å². The summed E-state index contributed by atoms with van der Waals surface area (Å²) in [6.07, 6.45) is -1.47. The molecule has 3 aliphatic carbocycles. The fourth-order valence-corrected chi connectivity index (χ4v) is 6.07. The number of ether oxygens (including phenoxy) is 1. The summed E-state index contributed by atoms with van der Waals surface area (Å²) in [4.78, 5) is 53.6. The number of nitrogens with two attached hydrogens (primary N) is 1. The summed E-state index contributed by atoms with van der Waals surface area (Å²) in [5, 5.41) is 45.0. The fraction of sp³-hybridized carbons (Fsp3) is 0.462. The number of Topliss-reactive ketones (excluding diaryl/α,β-unsaturated/α-hetero) is 2. The SMILES string of the molecule is CCC(=O)O[C@@H]1[C@@H]2C(=C(O)c3c(ccc(C)c3O)[C@H]2C)C(=O)[C@@]2(O)C(O)=C(C(N)=O)C(=O)[C@H](N(C)C)[C@@H]12. The lowest BCUT2D eigenvalue weighted by molar-refractivity contribution is -0.185. The number of primary amides is 1. The van der Waals surface area contributed by atoms with Gasteiger partial charge >= 0.3 is 5.97 Å². The lowest BCUT2D eigenvalue weighted by atomic mass is 9.54. The normalized spacial score (nSPS) is 31.2.